The summed E-state index contributed by atoms with van der Waals surface area (Å²) in [5, 5.41) is 11.5. The molecular weight excluding hydrogens is 188 g/mol. The van der Waals surface area contributed by atoms with Gasteiger partial charge in [-0.05, 0) is 35.6 Å². The molecular formula is C8H13ClN4. The molecule has 0 radical (unpaired) electrons. The number of tetrazole rings is 1. The zero-order valence-corrected chi connectivity index (χ0v) is 8.41. The molecule has 5 heteroatoms. The van der Waals surface area contributed by atoms with Crippen molar-refractivity contribution in [3.05, 3.63) is 5.82 Å². The van der Waals surface area contributed by atoms with Crippen LogP contribution in [0.3, 0.4) is 0 Å². The van der Waals surface area contributed by atoms with Crippen molar-refractivity contribution in [2.45, 2.75) is 38.1 Å². The van der Waals surface area contributed by atoms with Crippen LogP contribution in [0.1, 0.15) is 38.1 Å². The van der Waals surface area contributed by atoms with E-state index in [0.717, 1.165) is 11.7 Å². The minimum absolute atomic E-state index is 0.401. The number of alkyl halides is 1. The average molecular weight is 201 g/mol. The summed E-state index contributed by atoms with van der Waals surface area (Å²) in [4.78, 5) is 0. The van der Waals surface area contributed by atoms with Crippen LogP contribution in [0.5, 0.6) is 0 Å². The maximum Gasteiger partial charge on any atom is 0.166 e. The number of rotatable bonds is 2. The van der Waals surface area contributed by atoms with Gasteiger partial charge in [0.1, 0.15) is 0 Å². The summed E-state index contributed by atoms with van der Waals surface area (Å²) < 4.78 is 1.89. The fourth-order valence-corrected chi connectivity index (χ4v) is 2.16. The molecule has 1 aromatic rings. The van der Waals surface area contributed by atoms with Crippen LogP contribution in [0.2, 0.25) is 0 Å². The van der Waals surface area contributed by atoms with Gasteiger partial charge in [0.15, 0.2) is 5.82 Å². The topological polar surface area (TPSA) is 43.6 Å². The highest BCUT2D eigenvalue weighted by atomic mass is 35.5. The summed E-state index contributed by atoms with van der Waals surface area (Å²) in [7, 11) is 0. The van der Waals surface area contributed by atoms with Gasteiger partial charge in [-0.2, -0.15) is 0 Å². The summed E-state index contributed by atoms with van der Waals surface area (Å²) in [6.45, 7) is 2.27. The molecule has 2 atom stereocenters. The number of halogens is 1. The minimum atomic E-state index is 0.401. The van der Waals surface area contributed by atoms with E-state index in [-0.39, 0.29) is 0 Å². The highest BCUT2D eigenvalue weighted by molar-refractivity contribution is 6.16. The first kappa shape index (κ1) is 8.94. The second kappa shape index (κ2) is 3.62. The van der Waals surface area contributed by atoms with Crippen LogP contribution in [0.25, 0.3) is 0 Å². The molecule has 1 aliphatic carbocycles. The predicted molar refractivity (Wildman–Crippen MR) is 49.4 cm³/mol. The molecule has 72 valence electrons. The van der Waals surface area contributed by atoms with Crippen molar-refractivity contribution in [1.82, 2.24) is 20.2 Å². The first-order chi connectivity index (χ1) is 6.31. The van der Waals surface area contributed by atoms with Gasteiger partial charge in [0.05, 0.1) is 11.9 Å². The van der Waals surface area contributed by atoms with E-state index in [1.807, 2.05) is 4.68 Å². The molecule has 0 spiro atoms. The van der Waals surface area contributed by atoms with E-state index >= 15 is 0 Å². The Balaban J connectivity index is 2.16. The van der Waals surface area contributed by atoms with E-state index in [9.17, 15) is 0 Å². The van der Waals surface area contributed by atoms with Gasteiger partial charge >= 0.3 is 0 Å². The zero-order valence-electron chi connectivity index (χ0n) is 7.65. The quantitative estimate of drug-likeness (QED) is 0.684. The Morgan fingerprint density at radius 1 is 1.54 bits per heavy atom. The largest absolute Gasteiger partial charge is 0.225 e. The summed E-state index contributed by atoms with van der Waals surface area (Å²) in [5.41, 5.74) is 0. The van der Waals surface area contributed by atoms with Gasteiger partial charge in [-0.1, -0.05) is 6.92 Å². The third kappa shape index (κ3) is 1.68. The van der Waals surface area contributed by atoms with Crippen molar-refractivity contribution in [2.24, 2.45) is 5.92 Å². The van der Waals surface area contributed by atoms with Crippen LogP contribution in [0.15, 0.2) is 0 Å². The van der Waals surface area contributed by atoms with E-state index in [1.54, 1.807) is 0 Å². The third-order valence-electron chi connectivity index (χ3n) is 2.69. The van der Waals surface area contributed by atoms with Crippen molar-refractivity contribution in [3.63, 3.8) is 0 Å². The molecule has 2 unspecified atom stereocenters. The van der Waals surface area contributed by atoms with Gasteiger partial charge in [0.25, 0.3) is 0 Å². The molecule has 0 saturated heterocycles. The maximum absolute atomic E-state index is 5.72. The van der Waals surface area contributed by atoms with E-state index < -0.39 is 0 Å². The molecule has 1 aliphatic rings. The molecule has 0 aromatic carbocycles. The Morgan fingerprint density at radius 2 is 2.38 bits per heavy atom. The van der Waals surface area contributed by atoms with Crippen LogP contribution < -0.4 is 0 Å². The molecule has 1 fully saturated rings. The van der Waals surface area contributed by atoms with Crippen molar-refractivity contribution < 1.29 is 0 Å². The lowest BCUT2D eigenvalue weighted by Gasteiger charge is -2.10. The van der Waals surface area contributed by atoms with Gasteiger partial charge in [0.2, 0.25) is 0 Å². The Morgan fingerprint density at radius 3 is 3.00 bits per heavy atom. The highest BCUT2D eigenvalue weighted by Crippen LogP contribution is 2.33. The summed E-state index contributed by atoms with van der Waals surface area (Å²) in [6, 6.07) is 0.471. The molecule has 13 heavy (non-hydrogen) atoms. The second-order valence-electron chi connectivity index (χ2n) is 3.75. The molecule has 2 rings (SSSR count). The van der Waals surface area contributed by atoms with Crippen molar-refractivity contribution in [1.29, 1.82) is 0 Å². The van der Waals surface area contributed by atoms with Crippen LogP contribution in [-0.4, -0.2) is 20.2 Å². The van der Waals surface area contributed by atoms with Gasteiger partial charge in [0, 0.05) is 0 Å². The molecule has 1 aromatic heterocycles. The number of hydrogen-bond donors (Lipinski definition) is 0. The van der Waals surface area contributed by atoms with Crippen LogP contribution >= 0.6 is 11.6 Å². The maximum atomic E-state index is 5.72. The summed E-state index contributed by atoms with van der Waals surface area (Å²) in [5.74, 6) is 1.98. The van der Waals surface area contributed by atoms with E-state index in [1.165, 1.54) is 19.3 Å². The normalized spacial score (nSPS) is 28.2. The first-order valence-corrected chi connectivity index (χ1v) is 5.17. The fraction of sp³-hybridized carbons (Fsp3) is 0.875. The second-order valence-corrected chi connectivity index (χ2v) is 4.01. The van der Waals surface area contributed by atoms with Gasteiger partial charge in [-0.15, -0.1) is 16.7 Å². The number of nitrogens with zero attached hydrogens (tertiary/aromatic N) is 4. The van der Waals surface area contributed by atoms with Crippen molar-refractivity contribution >= 4 is 11.6 Å². The predicted octanol–water partition coefficient (Wildman–Crippen LogP) is 1.77. The molecule has 0 bridgehead atoms. The monoisotopic (exact) mass is 200 g/mol. The SMILES string of the molecule is CC1CCC(n2nnnc2CCl)C1. The lowest BCUT2D eigenvalue weighted by Crippen LogP contribution is -2.10. The fourth-order valence-electron chi connectivity index (χ4n) is 1.98. The number of hydrogen-bond acceptors (Lipinski definition) is 3. The Labute approximate surface area is 82.3 Å². The van der Waals surface area contributed by atoms with Gasteiger partial charge in [-0.25, -0.2) is 4.68 Å². The Bertz CT molecular complexity index is 285. The minimum Gasteiger partial charge on any atom is -0.225 e. The first-order valence-electron chi connectivity index (χ1n) is 4.64. The molecule has 4 nitrogen and oxygen atoms in total. The molecule has 1 heterocycles. The lowest BCUT2D eigenvalue weighted by atomic mass is 10.1. The van der Waals surface area contributed by atoms with E-state index in [0.29, 0.717) is 11.9 Å². The number of aromatic nitrogens is 4. The summed E-state index contributed by atoms with van der Waals surface area (Å²) in [6.07, 6.45) is 3.62. The molecule has 0 amide bonds. The average Bonchev–Trinajstić information content (AvgIpc) is 2.71. The Kier molecular flexibility index (Phi) is 2.49. The highest BCUT2D eigenvalue weighted by Gasteiger charge is 2.25. The molecule has 0 N–H and O–H groups in total. The Hall–Kier alpha value is -0.640. The standard InChI is InChI=1S/C8H13ClN4/c1-6-2-3-7(4-6)13-8(5-9)10-11-12-13/h6-7H,2-5H2,1H3. The van der Waals surface area contributed by atoms with Crippen molar-refractivity contribution in [2.75, 3.05) is 0 Å². The van der Waals surface area contributed by atoms with Gasteiger partial charge in [-0.3, -0.25) is 0 Å². The lowest BCUT2D eigenvalue weighted by molar-refractivity contribution is 0.429. The van der Waals surface area contributed by atoms with E-state index in [4.69, 9.17) is 11.6 Å². The smallest absolute Gasteiger partial charge is 0.166 e. The van der Waals surface area contributed by atoms with E-state index in [2.05, 4.69) is 22.4 Å². The van der Waals surface area contributed by atoms with Gasteiger partial charge < -0.3 is 0 Å². The summed E-state index contributed by atoms with van der Waals surface area (Å²) >= 11 is 5.72. The zero-order chi connectivity index (χ0) is 9.26. The molecule has 0 aliphatic heterocycles. The van der Waals surface area contributed by atoms with Crippen LogP contribution in [0.4, 0.5) is 0 Å². The molecule has 1 saturated carbocycles. The van der Waals surface area contributed by atoms with Crippen LogP contribution in [-0.2, 0) is 5.88 Å². The van der Waals surface area contributed by atoms with Crippen LogP contribution in [0, 0.1) is 5.92 Å². The van der Waals surface area contributed by atoms with Crippen molar-refractivity contribution in [3.8, 4) is 0 Å². The third-order valence-corrected chi connectivity index (χ3v) is 2.93.